The van der Waals surface area contributed by atoms with E-state index >= 15 is 0 Å². The molecular weight excluding hydrogens is 521 g/mol. The van der Waals surface area contributed by atoms with Gasteiger partial charge in [0.05, 0.1) is 0 Å². The van der Waals surface area contributed by atoms with Gasteiger partial charge < -0.3 is 15.8 Å². The van der Waals surface area contributed by atoms with Gasteiger partial charge >= 0.3 is 26.2 Å². The molecule has 2 aliphatic rings. The number of fused-ring (bicyclic) bond motifs is 2. The zero-order chi connectivity index (χ0) is 20.9. The van der Waals surface area contributed by atoms with E-state index in [9.17, 15) is 0 Å². The maximum absolute atomic E-state index is 2.42. The minimum absolute atomic E-state index is 0. The maximum atomic E-state index is 2.42. The fourth-order valence-corrected chi connectivity index (χ4v) is 6.93. The zero-order valence-electron chi connectivity index (χ0n) is 18.9. The SMILES string of the molecule is C1=CC2[CH-]CCC2C=C1.[F-].[F-].[Zr+4].c1ccc(P(c2ccccc2)c2cc3ccccc3[cH-]2)cc1. The smallest absolute Gasteiger partial charge is 1.00 e. The van der Waals surface area contributed by atoms with Crippen molar-refractivity contribution in [2.45, 2.75) is 12.8 Å². The summed E-state index contributed by atoms with van der Waals surface area (Å²) in [4.78, 5) is 0. The average molecular weight is 548 g/mol. The van der Waals surface area contributed by atoms with Gasteiger partial charge in [0.25, 0.3) is 0 Å². The predicted octanol–water partition coefficient (Wildman–Crippen LogP) is 0.665. The molecular formula is C30H27F2PZr. The second-order valence-electron chi connectivity index (χ2n) is 8.17. The molecule has 0 heterocycles. The number of allylic oxidation sites excluding steroid dienone is 4. The largest absolute Gasteiger partial charge is 4.00 e. The molecule has 2 aliphatic carbocycles. The van der Waals surface area contributed by atoms with Crippen molar-refractivity contribution in [2.24, 2.45) is 11.8 Å². The van der Waals surface area contributed by atoms with Gasteiger partial charge in [-0.05, 0) is 24.4 Å². The van der Waals surface area contributed by atoms with E-state index in [2.05, 4.69) is 128 Å². The molecule has 0 aliphatic heterocycles. The van der Waals surface area contributed by atoms with E-state index in [-0.39, 0.29) is 35.6 Å². The summed E-state index contributed by atoms with van der Waals surface area (Å²) in [5.74, 6) is 1.62. The van der Waals surface area contributed by atoms with Crippen molar-refractivity contribution in [1.29, 1.82) is 0 Å². The second-order valence-corrected chi connectivity index (χ2v) is 10.4. The van der Waals surface area contributed by atoms with Crippen LogP contribution in [0.25, 0.3) is 10.8 Å². The van der Waals surface area contributed by atoms with Crippen LogP contribution in [-0.4, -0.2) is 0 Å². The van der Waals surface area contributed by atoms with Gasteiger partial charge in [0.1, 0.15) is 0 Å². The molecule has 0 radical (unpaired) electrons. The molecule has 0 saturated heterocycles. The van der Waals surface area contributed by atoms with Crippen LogP contribution in [0, 0.1) is 18.3 Å². The monoisotopic (exact) mass is 546 g/mol. The van der Waals surface area contributed by atoms with Crippen LogP contribution in [0.5, 0.6) is 0 Å². The van der Waals surface area contributed by atoms with Gasteiger partial charge in [-0.1, -0.05) is 91.4 Å². The van der Waals surface area contributed by atoms with Crippen LogP contribution < -0.4 is 25.3 Å². The van der Waals surface area contributed by atoms with Gasteiger partial charge in [-0.3, -0.25) is 0 Å². The van der Waals surface area contributed by atoms with Crippen LogP contribution in [0.1, 0.15) is 12.8 Å². The van der Waals surface area contributed by atoms with Crippen LogP contribution in [-0.2, 0) is 26.2 Å². The van der Waals surface area contributed by atoms with Crippen LogP contribution in [0.15, 0.2) is 121 Å². The normalized spacial score (nSPS) is 17.6. The number of hydrogen-bond acceptors (Lipinski definition) is 0. The first-order valence-electron chi connectivity index (χ1n) is 11.1. The predicted molar refractivity (Wildman–Crippen MR) is 137 cm³/mol. The van der Waals surface area contributed by atoms with Crippen LogP contribution >= 0.6 is 7.92 Å². The summed E-state index contributed by atoms with van der Waals surface area (Å²) in [5, 5.41) is 6.89. The fraction of sp³-hybridized carbons (Fsp3) is 0.133. The zero-order valence-corrected chi connectivity index (χ0v) is 22.2. The fourth-order valence-electron chi connectivity index (χ4n) is 4.56. The second kappa shape index (κ2) is 13.7. The number of halogens is 2. The molecule has 1 saturated carbocycles. The Morgan fingerprint density at radius 1 is 0.706 bits per heavy atom. The summed E-state index contributed by atoms with van der Waals surface area (Å²) >= 11 is 0. The van der Waals surface area contributed by atoms with E-state index in [1.165, 1.54) is 39.5 Å². The Balaban J connectivity index is 0.000000290. The molecule has 6 rings (SSSR count). The Kier molecular flexibility index (Phi) is 11.4. The van der Waals surface area contributed by atoms with Gasteiger partial charge in [-0.15, -0.1) is 52.3 Å². The third kappa shape index (κ3) is 6.53. The summed E-state index contributed by atoms with van der Waals surface area (Å²) < 4.78 is 0. The first kappa shape index (κ1) is 28.2. The van der Waals surface area contributed by atoms with Crippen LogP contribution in [0.4, 0.5) is 0 Å². The summed E-state index contributed by atoms with van der Waals surface area (Å²) in [5.41, 5.74) is 0. The first-order chi connectivity index (χ1) is 15.4. The van der Waals surface area contributed by atoms with Crippen molar-refractivity contribution in [3.8, 4) is 0 Å². The Labute approximate surface area is 221 Å². The van der Waals surface area contributed by atoms with Crippen molar-refractivity contribution in [1.82, 2.24) is 0 Å². The molecule has 4 aromatic carbocycles. The van der Waals surface area contributed by atoms with E-state index < -0.39 is 7.92 Å². The molecule has 1 fully saturated rings. The van der Waals surface area contributed by atoms with Crippen molar-refractivity contribution < 1.29 is 35.6 Å². The van der Waals surface area contributed by atoms with E-state index in [0.717, 1.165) is 11.8 Å². The molecule has 0 aromatic heterocycles. The van der Waals surface area contributed by atoms with E-state index in [1.54, 1.807) is 0 Å². The molecule has 2 atom stereocenters. The molecule has 0 N–H and O–H groups in total. The molecule has 0 spiro atoms. The molecule has 34 heavy (non-hydrogen) atoms. The Hall–Kier alpha value is -2.08. The third-order valence-corrected chi connectivity index (χ3v) is 8.53. The van der Waals surface area contributed by atoms with E-state index in [1.807, 2.05) is 0 Å². The van der Waals surface area contributed by atoms with Gasteiger partial charge in [-0.25, -0.2) is 0 Å². The Morgan fingerprint density at radius 3 is 1.91 bits per heavy atom. The van der Waals surface area contributed by atoms with Crippen molar-refractivity contribution in [3.63, 3.8) is 0 Å². The van der Waals surface area contributed by atoms with E-state index in [4.69, 9.17) is 0 Å². The molecule has 4 heteroatoms. The quantitative estimate of drug-likeness (QED) is 0.261. The Morgan fingerprint density at radius 2 is 1.29 bits per heavy atom. The Bertz CT molecular complexity index is 1090. The van der Waals surface area contributed by atoms with E-state index in [0.29, 0.717) is 0 Å². The minimum atomic E-state index is -0.493. The summed E-state index contributed by atoms with van der Waals surface area (Å²) in [6.45, 7) is 0. The number of benzene rings is 3. The first-order valence-corrected chi connectivity index (χ1v) is 12.5. The average Bonchev–Trinajstić information content (AvgIpc) is 3.48. The van der Waals surface area contributed by atoms with Crippen molar-refractivity contribution >= 4 is 34.6 Å². The maximum Gasteiger partial charge on any atom is 4.00 e. The van der Waals surface area contributed by atoms with Crippen molar-refractivity contribution in [2.75, 3.05) is 0 Å². The van der Waals surface area contributed by atoms with Crippen LogP contribution in [0.3, 0.4) is 0 Å². The number of rotatable bonds is 3. The van der Waals surface area contributed by atoms with Gasteiger partial charge in [0.15, 0.2) is 0 Å². The molecule has 2 unspecified atom stereocenters. The topological polar surface area (TPSA) is 0 Å². The molecule has 4 aromatic rings. The molecule has 0 bridgehead atoms. The van der Waals surface area contributed by atoms with Gasteiger partial charge in [0.2, 0.25) is 0 Å². The van der Waals surface area contributed by atoms with Gasteiger partial charge in [0, 0.05) is 0 Å². The summed E-state index contributed by atoms with van der Waals surface area (Å²) in [6, 6.07) is 35.0. The molecule has 170 valence electrons. The third-order valence-electron chi connectivity index (χ3n) is 6.13. The standard InChI is InChI=1S/C21H16P.C9H11.2FH.Zr/c1-3-11-19(12-4-1)22(20-13-5-2-6-14-20)21-15-17-9-7-8-10-18(17)16-21;1-2-5-9-7-3-6-8(9)4-1;;;/h1-16H;1-2,4-6,8-9H,3,7H2;2*1H;/q2*-1;;;+4/p-2. The minimum Gasteiger partial charge on any atom is -1.00 e. The molecule has 0 nitrogen and oxygen atoms in total. The van der Waals surface area contributed by atoms with Gasteiger partial charge in [-0.2, -0.15) is 12.5 Å². The summed E-state index contributed by atoms with van der Waals surface area (Å²) in [7, 11) is -0.493. The van der Waals surface area contributed by atoms with Crippen LogP contribution in [0.2, 0.25) is 0 Å². The number of hydrogen-bond donors (Lipinski definition) is 0. The van der Waals surface area contributed by atoms with Crippen molar-refractivity contribution in [3.05, 3.63) is 128 Å². The summed E-state index contributed by atoms with van der Waals surface area (Å²) in [6.07, 6.45) is 14.1. The molecule has 0 amide bonds.